The van der Waals surface area contributed by atoms with Crippen molar-refractivity contribution < 1.29 is 22.5 Å². The van der Waals surface area contributed by atoms with Crippen LogP contribution in [0.1, 0.15) is 19.3 Å². The smallest absolute Gasteiger partial charge is 0.277 e. The van der Waals surface area contributed by atoms with Crippen LogP contribution >= 0.6 is 11.6 Å². The van der Waals surface area contributed by atoms with Crippen molar-refractivity contribution in [1.82, 2.24) is 9.21 Å². The number of halogens is 2. The summed E-state index contributed by atoms with van der Waals surface area (Å²) in [4.78, 5) is 15.5. The molecule has 0 aromatic heterocycles. The number of hydrogen-bond acceptors (Lipinski definition) is 3. The van der Waals surface area contributed by atoms with E-state index < -0.39 is 15.8 Å². The molecule has 1 amide bonds. The number of amides is 1. The van der Waals surface area contributed by atoms with Gasteiger partial charge in [0.1, 0.15) is 5.82 Å². The molecule has 1 N–H and O–H groups in total. The fourth-order valence-corrected chi connectivity index (χ4v) is 5.21. The Morgan fingerprint density at radius 2 is 1.77 bits per heavy atom. The van der Waals surface area contributed by atoms with Crippen LogP contribution in [0.5, 0.6) is 0 Å². The Kier molecular flexibility index (Phi) is 6.17. The van der Waals surface area contributed by atoms with Gasteiger partial charge in [0, 0.05) is 26.2 Å². The lowest BCUT2D eigenvalue weighted by atomic mass is 10.1. The summed E-state index contributed by atoms with van der Waals surface area (Å²) < 4.78 is 40.0. The number of hydrogen-bond donors (Lipinski definition) is 1. The van der Waals surface area contributed by atoms with E-state index in [4.69, 9.17) is 11.6 Å². The van der Waals surface area contributed by atoms with E-state index in [1.807, 2.05) is 0 Å². The van der Waals surface area contributed by atoms with E-state index in [0.717, 1.165) is 38.1 Å². The number of piperazine rings is 1. The molecule has 26 heavy (non-hydrogen) atoms. The molecule has 2 aliphatic rings. The van der Waals surface area contributed by atoms with Gasteiger partial charge < -0.3 is 9.80 Å². The van der Waals surface area contributed by atoms with Crippen LogP contribution in [0.15, 0.2) is 23.1 Å². The van der Waals surface area contributed by atoms with Crippen molar-refractivity contribution in [3.8, 4) is 0 Å². The summed E-state index contributed by atoms with van der Waals surface area (Å²) in [5.74, 6) is -0.565. The van der Waals surface area contributed by atoms with E-state index in [-0.39, 0.29) is 28.9 Å². The average molecular weight is 405 g/mol. The standard InChI is InChI=1S/C17H23ClFN3O3S/c18-15-12-14(4-5-16(15)19)26(24,25)22-10-8-21(9-11-22)17(23)13-20-6-2-1-3-7-20/h4-5,12H,1-3,6-11,13H2/p+1. The normalized spacial score (nSPS) is 20.3. The quantitative estimate of drug-likeness (QED) is 0.789. The molecule has 3 rings (SSSR count). The minimum atomic E-state index is -3.74. The third-order valence-corrected chi connectivity index (χ3v) is 7.27. The summed E-state index contributed by atoms with van der Waals surface area (Å²) in [5, 5.41) is -0.218. The first kappa shape index (κ1) is 19.5. The molecule has 0 atom stereocenters. The SMILES string of the molecule is O=C(C[NH+]1CCCCC1)N1CCN(S(=O)(=O)c2ccc(F)c(Cl)c2)CC1. The number of likely N-dealkylation sites (tertiary alicyclic amines) is 1. The molecule has 0 bridgehead atoms. The first-order valence-electron chi connectivity index (χ1n) is 8.94. The summed E-state index contributed by atoms with van der Waals surface area (Å²) in [6.45, 7) is 3.77. The maximum Gasteiger partial charge on any atom is 0.277 e. The highest BCUT2D eigenvalue weighted by atomic mass is 35.5. The molecule has 0 spiro atoms. The van der Waals surface area contributed by atoms with Crippen LogP contribution in [-0.2, 0) is 14.8 Å². The van der Waals surface area contributed by atoms with Crippen molar-refractivity contribution >= 4 is 27.5 Å². The van der Waals surface area contributed by atoms with Gasteiger partial charge in [-0.3, -0.25) is 4.79 Å². The first-order chi connectivity index (χ1) is 12.4. The van der Waals surface area contributed by atoms with Gasteiger partial charge in [-0.2, -0.15) is 4.31 Å². The maximum atomic E-state index is 13.3. The Balaban J connectivity index is 1.58. The van der Waals surface area contributed by atoms with Gasteiger partial charge in [-0.05, 0) is 37.5 Å². The number of benzene rings is 1. The number of carbonyl (C=O) groups excluding carboxylic acids is 1. The molecule has 9 heteroatoms. The Labute approximate surface area is 158 Å². The molecular formula is C17H24ClFN3O3S+. The predicted molar refractivity (Wildman–Crippen MR) is 96.2 cm³/mol. The molecule has 0 radical (unpaired) electrons. The van der Waals surface area contributed by atoms with Crippen LogP contribution < -0.4 is 4.90 Å². The van der Waals surface area contributed by atoms with Gasteiger partial charge in [-0.15, -0.1) is 0 Å². The second-order valence-electron chi connectivity index (χ2n) is 6.85. The van der Waals surface area contributed by atoms with E-state index in [2.05, 4.69) is 0 Å². The Hall–Kier alpha value is -1.22. The summed E-state index contributed by atoms with van der Waals surface area (Å²) in [5.41, 5.74) is 0. The van der Waals surface area contributed by atoms with Gasteiger partial charge in [0.25, 0.3) is 5.91 Å². The predicted octanol–water partition coefficient (Wildman–Crippen LogP) is 0.381. The zero-order valence-corrected chi connectivity index (χ0v) is 16.2. The van der Waals surface area contributed by atoms with Crippen molar-refractivity contribution in [2.45, 2.75) is 24.2 Å². The molecule has 2 heterocycles. The molecule has 0 saturated carbocycles. The summed E-state index contributed by atoms with van der Waals surface area (Å²) in [6.07, 6.45) is 3.56. The van der Waals surface area contributed by atoms with E-state index in [9.17, 15) is 17.6 Å². The topological polar surface area (TPSA) is 62.1 Å². The van der Waals surface area contributed by atoms with Crippen molar-refractivity contribution in [3.05, 3.63) is 29.0 Å². The first-order valence-corrected chi connectivity index (χ1v) is 10.8. The lowest BCUT2D eigenvalue weighted by Gasteiger charge is -2.34. The van der Waals surface area contributed by atoms with Gasteiger partial charge in [0.05, 0.1) is 23.0 Å². The largest absolute Gasteiger partial charge is 0.335 e. The van der Waals surface area contributed by atoms with Crippen LogP contribution in [0, 0.1) is 5.82 Å². The van der Waals surface area contributed by atoms with Crippen LogP contribution in [-0.4, -0.2) is 69.3 Å². The van der Waals surface area contributed by atoms with Crippen molar-refractivity contribution in [3.63, 3.8) is 0 Å². The fraction of sp³-hybridized carbons (Fsp3) is 0.588. The average Bonchev–Trinajstić information content (AvgIpc) is 2.65. The molecular weight excluding hydrogens is 381 g/mol. The number of nitrogens with one attached hydrogen (secondary N) is 1. The lowest BCUT2D eigenvalue weighted by Crippen LogP contribution is -3.13. The summed E-state index contributed by atoms with van der Waals surface area (Å²) in [6, 6.07) is 3.40. The molecule has 2 fully saturated rings. The number of piperidine rings is 1. The van der Waals surface area contributed by atoms with Crippen LogP contribution in [0.25, 0.3) is 0 Å². The molecule has 2 saturated heterocycles. The fourth-order valence-electron chi connectivity index (χ4n) is 3.52. The van der Waals surface area contributed by atoms with Crippen LogP contribution in [0.3, 0.4) is 0 Å². The maximum absolute atomic E-state index is 13.3. The number of quaternary nitrogens is 1. The van der Waals surface area contributed by atoms with E-state index >= 15 is 0 Å². The van der Waals surface area contributed by atoms with Gasteiger partial charge in [-0.25, -0.2) is 12.8 Å². The minimum Gasteiger partial charge on any atom is -0.335 e. The van der Waals surface area contributed by atoms with E-state index in [0.29, 0.717) is 19.6 Å². The second kappa shape index (κ2) is 8.21. The lowest BCUT2D eigenvalue weighted by molar-refractivity contribution is -0.897. The zero-order valence-electron chi connectivity index (χ0n) is 14.6. The van der Waals surface area contributed by atoms with Crippen molar-refractivity contribution in [2.24, 2.45) is 0 Å². The Bertz CT molecular complexity index is 761. The third kappa shape index (κ3) is 4.36. The van der Waals surface area contributed by atoms with Gasteiger partial charge in [-0.1, -0.05) is 11.6 Å². The monoisotopic (exact) mass is 404 g/mol. The Morgan fingerprint density at radius 1 is 1.12 bits per heavy atom. The number of sulfonamides is 1. The molecule has 144 valence electrons. The van der Waals surface area contributed by atoms with Gasteiger partial charge >= 0.3 is 0 Å². The molecule has 0 unspecified atom stereocenters. The minimum absolute atomic E-state index is 0.0264. The zero-order chi connectivity index (χ0) is 18.7. The van der Waals surface area contributed by atoms with Crippen molar-refractivity contribution in [2.75, 3.05) is 45.8 Å². The number of nitrogens with zero attached hydrogens (tertiary/aromatic N) is 2. The highest BCUT2D eigenvalue weighted by molar-refractivity contribution is 7.89. The van der Waals surface area contributed by atoms with Gasteiger partial charge in [0.2, 0.25) is 10.0 Å². The highest BCUT2D eigenvalue weighted by Gasteiger charge is 2.31. The Morgan fingerprint density at radius 3 is 2.38 bits per heavy atom. The number of rotatable bonds is 4. The second-order valence-corrected chi connectivity index (χ2v) is 9.19. The van der Waals surface area contributed by atoms with Crippen molar-refractivity contribution in [1.29, 1.82) is 0 Å². The van der Waals surface area contributed by atoms with Crippen LogP contribution in [0.2, 0.25) is 5.02 Å². The molecule has 1 aromatic rings. The summed E-state index contributed by atoms with van der Waals surface area (Å²) >= 11 is 5.70. The summed E-state index contributed by atoms with van der Waals surface area (Å²) in [7, 11) is -3.74. The van der Waals surface area contributed by atoms with Gasteiger partial charge in [0.15, 0.2) is 6.54 Å². The number of carbonyl (C=O) groups is 1. The van der Waals surface area contributed by atoms with E-state index in [1.54, 1.807) is 4.90 Å². The molecule has 6 nitrogen and oxygen atoms in total. The highest BCUT2D eigenvalue weighted by Crippen LogP contribution is 2.23. The molecule has 1 aromatic carbocycles. The van der Waals surface area contributed by atoms with Crippen LogP contribution in [0.4, 0.5) is 4.39 Å². The molecule has 0 aliphatic carbocycles. The van der Waals surface area contributed by atoms with E-state index in [1.165, 1.54) is 21.7 Å². The third-order valence-electron chi connectivity index (χ3n) is 5.08. The molecule has 2 aliphatic heterocycles.